The summed E-state index contributed by atoms with van der Waals surface area (Å²) < 4.78 is 0. The Morgan fingerprint density at radius 2 is 2.07 bits per heavy atom. The first-order chi connectivity index (χ1) is 14.0. The van der Waals surface area contributed by atoms with Crippen LogP contribution in [0.2, 0.25) is 0 Å². The van der Waals surface area contributed by atoms with Crippen molar-refractivity contribution < 1.29 is 4.79 Å². The van der Waals surface area contributed by atoms with Crippen molar-refractivity contribution in [1.82, 2.24) is 14.9 Å². The van der Waals surface area contributed by atoms with Crippen molar-refractivity contribution in [1.29, 1.82) is 0 Å². The van der Waals surface area contributed by atoms with Crippen LogP contribution >= 0.6 is 11.8 Å². The molecule has 1 amide bonds. The van der Waals surface area contributed by atoms with Crippen molar-refractivity contribution in [2.24, 2.45) is 0 Å². The third-order valence-electron chi connectivity index (χ3n) is 5.57. The molecule has 1 aromatic heterocycles. The first-order valence-electron chi connectivity index (χ1n) is 10.6. The van der Waals surface area contributed by atoms with Gasteiger partial charge in [0.15, 0.2) is 5.16 Å². The summed E-state index contributed by atoms with van der Waals surface area (Å²) in [7, 11) is 1.83. The van der Waals surface area contributed by atoms with Gasteiger partial charge >= 0.3 is 0 Å². The standard InChI is InChI=1S/C23H32N4OS/c1-5-20-15-21(27-13-8-7-10-17(27)3)25-23(24-20)29-16-18-11-9-12-19(14-18)22(28)26(4)6-2/h9,11-12,14-15,17H,5-8,10,13,16H2,1-4H3. The Labute approximate surface area is 178 Å². The Hall–Kier alpha value is -2.08. The average Bonchev–Trinajstić information content (AvgIpc) is 2.76. The lowest BCUT2D eigenvalue weighted by atomic mass is 10.0. The molecule has 1 fully saturated rings. The highest BCUT2D eigenvalue weighted by atomic mass is 32.2. The van der Waals surface area contributed by atoms with Gasteiger partial charge in [-0.15, -0.1) is 0 Å². The molecule has 0 aliphatic carbocycles. The summed E-state index contributed by atoms with van der Waals surface area (Å²) in [5, 5.41) is 0.819. The van der Waals surface area contributed by atoms with E-state index in [0.29, 0.717) is 12.6 Å². The summed E-state index contributed by atoms with van der Waals surface area (Å²) in [6, 6.07) is 10.6. The molecule has 1 saturated heterocycles. The fourth-order valence-corrected chi connectivity index (χ4v) is 4.41. The summed E-state index contributed by atoms with van der Waals surface area (Å²) >= 11 is 1.64. The van der Waals surface area contributed by atoms with Gasteiger partial charge in [-0.25, -0.2) is 9.97 Å². The van der Waals surface area contributed by atoms with Gasteiger partial charge in [0.2, 0.25) is 0 Å². The summed E-state index contributed by atoms with van der Waals surface area (Å²) in [4.78, 5) is 26.2. The fraction of sp³-hybridized carbons (Fsp3) is 0.522. The lowest BCUT2D eigenvalue weighted by Crippen LogP contribution is -2.38. The van der Waals surface area contributed by atoms with Crippen LogP contribution in [0.25, 0.3) is 0 Å². The highest BCUT2D eigenvalue weighted by Gasteiger charge is 2.21. The first-order valence-corrected chi connectivity index (χ1v) is 11.6. The summed E-state index contributed by atoms with van der Waals surface area (Å²) in [6.07, 6.45) is 4.65. The van der Waals surface area contributed by atoms with Crippen molar-refractivity contribution in [3.63, 3.8) is 0 Å². The van der Waals surface area contributed by atoms with Crippen LogP contribution in [0.15, 0.2) is 35.5 Å². The van der Waals surface area contributed by atoms with Gasteiger partial charge in [-0.2, -0.15) is 0 Å². The molecule has 0 spiro atoms. The zero-order valence-corrected chi connectivity index (χ0v) is 18.8. The van der Waals surface area contributed by atoms with Crippen molar-refractivity contribution in [2.75, 3.05) is 25.0 Å². The van der Waals surface area contributed by atoms with E-state index < -0.39 is 0 Å². The fourth-order valence-electron chi connectivity index (χ4n) is 3.60. The van der Waals surface area contributed by atoms with Gasteiger partial charge in [-0.1, -0.05) is 30.8 Å². The SMILES string of the molecule is CCc1cc(N2CCCCC2C)nc(SCc2cccc(C(=O)N(C)CC)c2)n1. The van der Waals surface area contributed by atoms with Crippen molar-refractivity contribution in [3.05, 3.63) is 47.2 Å². The number of piperidine rings is 1. The van der Waals surface area contributed by atoms with Gasteiger partial charge in [-0.05, 0) is 57.2 Å². The molecule has 0 radical (unpaired) electrons. The maximum Gasteiger partial charge on any atom is 0.253 e. The van der Waals surface area contributed by atoms with E-state index in [9.17, 15) is 4.79 Å². The number of aromatic nitrogens is 2. The lowest BCUT2D eigenvalue weighted by Gasteiger charge is -2.34. The molecule has 5 nitrogen and oxygen atoms in total. The van der Waals surface area contributed by atoms with Crippen LogP contribution in [0.4, 0.5) is 5.82 Å². The zero-order chi connectivity index (χ0) is 20.8. The highest BCUT2D eigenvalue weighted by molar-refractivity contribution is 7.98. The number of thioether (sulfide) groups is 1. The van der Waals surface area contributed by atoms with Crippen LogP contribution in [-0.4, -0.2) is 47.0 Å². The number of amides is 1. The molecule has 156 valence electrons. The number of nitrogens with zero attached hydrogens (tertiary/aromatic N) is 4. The van der Waals surface area contributed by atoms with E-state index >= 15 is 0 Å². The lowest BCUT2D eigenvalue weighted by molar-refractivity contribution is 0.0802. The Bertz CT molecular complexity index is 841. The predicted molar refractivity (Wildman–Crippen MR) is 121 cm³/mol. The molecule has 1 aliphatic heterocycles. The second-order valence-electron chi connectivity index (χ2n) is 7.70. The molecule has 0 N–H and O–H groups in total. The quantitative estimate of drug-likeness (QED) is 0.483. The number of rotatable bonds is 7. The van der Waals surface area contributed by atoms with Gasteiger partial charge in [0, 0.05) is 49.3 Å². The van der Waals surface area contributed by atoms with Crippen LogP contribution in [0, 0.1) is 0 Å². The molecule has 6 heteroatoms. The minimum atomic E-state index is 0.0601. The predicted octanol–water partition coefficient (Wildman–Crippen LogP) is 4.80. The van der Waals surface area contributed by atoms with Crippen LogP contribution in [0.5, 0.6) is 0 Å². The Morgan fingerprint density at radius 3 is 2.79 bits per heavy atom. The molecule has 29 heavy (non-hydrogen) atoms. The number of anilines is 1. The van der Waals surface area contributed by atoms with Crippen LogP contribution in [0.3, 0.4) is 0 Å². The number of aryl methyl sites for hydroxylation is 1. The number of benzene rings is 1. The summed E-state index contributed by atoms with van der Waals surface area (Å²) in [5.41, 5.74) is 2.94. The van der Waals surface area contributed by atoms with Gasteiger partial charge in [0.1, 0.15) is 5.82 Å². The third kappa shape index (κ3) is 5.50. The zero-order valence-electron chi connectivity index (χ0n) is 18.0. The van der Waals surface area contributed by atoms with E-state index in [1.54, 1.807) is 16.7 Å². The second-order valence-corrected chi connectivity index (χ2v) is 8.64. The monoisotopic (exact) mass is 412 g/mol. The smallest absolute Gasteiger partial charge is 0.253 e. The minimum absolute atomic E-state index is 0.0601. The van der Waals surface area contributed by atoms with E-state index in [4.69, 9.17) is 9.97 Å². The second kappa shape index (κ2) is 10.1. The van der Waals surface area contributed by atoms with Gasteiger partial charge < -0.3 is 9.80 Å². The van der Waals surface area contributed by atoms with Gasteiger partial charge in [-0.3, -0.25) is 4.79 Å². The van der Waals surface area contributed by atoms with E-state index in [1.165, 1.54) is 19.3 Å². The Balaban J connectivity index is 1.75. The maximum absolute atomic E-state index is 12.4. The molecule has 1 atom stereocenters. The third-order valence-corrected chi connectivity index (χ3v) is 6.49. The average molecular weight is 413 g/mol. The molecular weight excluding hydrogens is 380 g/mol. The van der Waals surface area contributed by atoms with Crippen molar-refractivity contribution in [2.45, 2.75) is 63.4 Å². The normalized spacial score (nSPS) is 16.7. The number of hydrogen-bond donors (Lipinski definition) is 0. The highest BCUT2D eigenvalue weighted by Crippen LogP contribution is 2.27. The van der Waals surface area contributed by atoms with Crippen LogP contribution in [0.1, 0.15) is 61.6 Å². The van der Waals surface area contributed by atoms with Crippen LogP contribution in [-0.2, 0) is 12.2 Å². The van der Waals surface area contributed by atoms with Crippen molar-refractivity contribution in [3.8, 4) is 0 Å². The summed E-state index contributed by atoms with van der Waals surface area (Å²) in [5.74, 6) is 1.86. The molecule has 0 saturated carbocycles. The molecule has 1 aliphatic rings. The molecule has 3 rings (SSSR count). The maximum atomic E-state index is 12.4. The largest absolute Gasteiger partial charge is 0.354 e. The Morgan fingerprint density at radius 1 is 1.24 bits per heavy atom. The number of hydrogen-bond acceptors (Lipinski definition) is 5. The van der Waals surface area contributed by atoms with E-state index in [1.807, 2.05) is 32.2 Å². The number of carbonyl (C=O) groups excluding carboxylic acids is 1. The first kappa shape index (κ1) is 21.6. The molecule has 2 aromatic rings. The summed E-state index contributed by atoms with van der Waals surface area (Å²) in [6.45, 7) is 8.18. The molecule has 1 aromatic carbocycles. The van der Waals surface area contributed by atoms with Gasteiger partial charge in [0.25, 0.3) is 5.91 Å². The Kier molecular flexibility index (Phi) is 7.53. The topological polar surface area (TPSA) is 49.3 Å². The molecule has 0 bridgehead atoms. The van der Waals surface area contributed by atoms with Crippen LogP contribution < -0.4 is 4.90 Å². The van der Waals surface area contributed by atoms with E-state index in [2.05, 4.69) is 30.9 Å². The van der Waals surface area contributed by atoms with E-state index in [-0.39, 0.29) is 5.91 Å². The molecule has 2 heterocycles. The van der Waals surface area contributed by atoms with Gasteiger partial charge in [0.05, 0.1) is 0 Å². The minimum Gasteiger partial charge on any atom is -0.354 e. The number of carbonyl (C=O) groups is 1. The van der Waals surface area contributed by atoms with E-state index in [0.717, 1.165) is 46.5 Å². The molecule has 1 unspecified atom stereocenters. The van der Waals surface area contributed by atoms with Crippen molar-refractivity contribution >= 4 is 23.5 Å². The molecular formula is C23H32N4OS.